The van der Waals surface area contributed by atoms with Crippen LogP contribution in [-0.2, 0) is 0 Å². The Hall–Kier alpha value is -2.36. The van der Waals surface area contributed by atoms with Gasteiger partial charge in [-0.2, -0.15) is 0 Å². The minimum absolute atomic E-state index is 0.0595. The molecule has 0 aliphatic carbocycles. The van der Waals surface area contributed by atoms with Gasteiger partial charge >= 0.3 is 0 Å². The topological polar surface area (TPSA) is 29.4 Å². The van der Waals surface area contributed by atoms with Gasteiger partial charge in [0.25, 0.3) is 0 Å². The van der Waals surface area contributed by atoms with Gasteiger partial charge in [0.05, 0.1) is 5.69 Å². The van der Waals surface area contributed by atoms with Crippen LogP contribution in [0.4, 0.5) is 5.69 Å². The molecule has 0 N–H and O–H groups in total. The van der Waals surface area contributed by atoms with Crippen LogP contribution >= 0.6 is 23.4 Å². The average molecular weight is 366 g/mol. The summed E-state index contributed by atoms with van der Waals surface area (Å²) in [6, 6.07) is 23.3. The van der Waals surface area contributed by atoms with E-state index in [-0.39, 0.29) is 5.78 Å². The third-order valence-electron chi connectivity index (χ3n) is 3.57. The Morgan fingerprint density at radius 1 is 0.880 bits per heavy atom. The lowest BCUT2D eigenvalue weighted by molar-refractivity contribution is 0.101. The number of halogens is 1. The zero-order valence-electron chi connectivity index (χ0n) is 13.6. The molecule has 0 radical (unpaired) electrons. The van der Waals surface area contributed by atoms with Gasteiger partial charge in [-0.25, -0.2) is 0 Å². The molecule has 25 heavy (non-hydrogen) atoms. The van der Waals surface area contributed by atoms with E-state index < -0.39 is 0 Å². The van der Waals surface area contributed by atoms with E-state index in [9.17, 15) is 4.79 Å². The molecule has 0 amide bonds. The second kappa shape index (κ2) is 8.15. The maximum Gasteiger partial charge on any atom is 0.159 e. The highest BCUT2D eigenvalue weighted by Gasteiger charge is 1.99. The minimum atomic E-state index is 0.0595. The van der Waals surface area contributed by atoms with E-state index in [1.807, 2.05) is 54.7 Å². The summed E-state index contributed by atoms with van der Waals surface area (Å²) in [4.78, 5) is 18.0. The molecule has 2 nitrogen and oxygen atoms in total. The number of ketones is 1. The number of hydrogen-bond acceptors (Lipinski definition) is 3. The summed E-state index contributed by atoms with van der Waals surface area (Å²) in [5, 5.41) is 0.743. The van der Waals surface area contributed by atoms with Crippen LogP contribution in [0.1, 0.15) is 22.8 Å². The number of carbonyl (C=O) groups is 1. The van der Waals surface area contributed by atoms with E-state index >= 15 is 0 Å². The van der Waals surface area contributed by atoms with E-state index in [2.05, 4.69) is 17.1 Å². The summed E-state index contributed by atoms with van der Waals surface area (Å²) < 4.78 is 0. The standard InChI is InChI=1S/C21H16ClNOS/c1-15(24)17-4-8-19(9-5-17)23-14-16-2-10-20(11-3-16)25-21-12-6-18(22)7-13-21/h2-14H,1H3. The summed E-state index contributed by atoms with van der Waals surface area (Å²) in [5.74, 6) is 0.0595. The molecule has 0 atom stereocenters. The largest absolute Gasteiger partial charge is 0.295 e. The van der Waals surface area contributed by atoms with Crippen molar-refractivity contribution in [2.75, 3.05) is 0 Å². The van der Waals surface area contributed by atoms with Crippen molar-refractivity contribution >= 4 is 41.0 Å². The van der Waals surface area contributed by atoms with E-state index in [0.29, 0.717) is 5.56 Å². The first-order chi connectivity index (χ1) is 12.1. The number of nitrogens with zero attached hydrogens (tertiary/aromatic N) is 1. The lowest BCUT2D eigenvalue weighted by Gasteiger charge is -2.02. The number of aliphatic imine (C=N–C) groups is 1. The Morgan fingerprint density at radius 3 is 2.00 bits per heavy atom. The maximum atomic E-state index is 11.3. The number of benzene rings is 3. The molecule has 0 aromatic heterocycles. The van der Waals surface area contributed by atoms with Crippen molar-refractivity contribution in [2.24, 2.45) is 4.99 Å². The van der Waals surface area contributed by atoms with Gasteiger partial charge in [0.2, 0.25) is 0 Å². The van der Waals surface area contributed by atoms with Crippen LogP contribution < -0.4 is 0 Å². The van der Waals surface area contributed by atoms with Gasteiger partial charge in [0, 0.05) is 26.6 Å². The molecular weight excluding hydrogens is 350 g/mol. The lowest BCUT2D eigenvalue weighted by Crippen LogP contribution is -1.89. The molecule has 0 unspecified atom stereocenters. The van der Waals surface area contributed by atoms with Gasteiger partial charge in [0.15, 0.2) is 5.78 Å². The van der Waals surface area contributed by atoms with Crippen molar-refractivity contribution in [1.82, 2.24) is 0 Å². The minimum Gasteiger partial charge on any atom is -0.295 e. The average Bonchev–Trinajstić information content (AvgIpc) is 2.63. The number of Topliss-reactive ketones (excluding diaryl/α,β-unsaturated/α-hetero) is 1. The van der Waals surface area contributed by atoms with Crippen LogP contribution in [0.5, 0.6) is 0 Å². The number of hydrogen-bond donors (Lipinski definition) is 0. The Bertz CT molecular complexity index is 885. The first-order valence-corrected chi connectivity index (χ1v) is 8.98. The summed E-state index contributed by atoms with van der Waals surface area (Å²) >= 11 is 7.59. The third kappa shape index (κ3) is 5.05. The van der Waals surface area contributed by atoms with Crippen molar-refractivity contribution in [3.63, 3.8) is 0 Å². The van der Waals surface area contributed by atoms with Gasteiger partial charge in [-0.15, -0.1) is 0 Å². The van der Waals surface area contributed by atoms with Crippen molar-refractivity contribution in [2.45, 2.75) is 16.7 Å². The van der Waals surface area contributed by atoms with Gasteiger partial charge < -0.3 is 0 Å². The lowest BCUT2D eigenvalue weighted by atomic mass is 10.1. The first kappa shape index (κ1) is 17.5. The van der Waals surface area contributed by atoms with E-state index in [4.69, 9.17) is 11.6 Å². The molecule has 0 fully saturated rings. The highest BCUT2D eigenvalue weighted by atomic mass is 35.5. The number of rotatable bonds is 5. The van der Waals surface area contributed by atoms with Gasteiger partial charge in [0.1, 0.15) is 0 Å². The van der Waals surface area contributed by atoms with Crippen LogP contribution in [0.3, 0.4) is 0 Å². The molecule has 0 heterocycles. The molecule has 0 aliphatic rings. The first-order valence-electron chi connectivity index (χ1n) is 7.79. The van der Waals surface area contributed by atoms with Crippen molar-refractivity contribution < 1.29 is 4.79 Å². The number of carbonyl (C=O) groups excluding carboxylic acids is 1. The summed E-state index contributed by atoms with van der Waals surface area (Å²) in [6.45, 7) is 1.56. The molecule has 0 bridgehead atoms. The Kier molecular flexibility index (Phi) is 5.69. The van der Waals surface area contributed by atoms with Crippen molar-refractivity contribution in [1.29, 1.82) is 0 Å². The highest BCUT2D eigenvalue weighted by molar-refractivity contribution is 7.99. The maximum absolute atomic E-state index is 11.3. The Labute approximate surface area is 156 Å². The molecule has 3 aromatic rings. The highest BCUT2D eigenvalue weighted by Crippen LogP contribution is 2.28. The van der Waals surface area contributed by atoms with Gasteiger partial charge in [-0.3, -0.25) is 9.79 Å². The molecule has 0 aliphatic heterocycles. The second-order valence-electron chi connectivity index (χ2n) is 5.49. The summed E-state index contributed by atoms with van der Waals surface area (Å²) in [6.07, 6.45) is 1.82. The van der Waals surface area contributed by atoms with E-state index in [1.54, 1.807) is 30.8 Å². The van der Waals surface area contributed by atoms with Crippen LogP contribution in [0.15, 0.2) is 87.6 Å². The monoisotopic (exact) mass is 365 g/mol. The fourth-order valence-corrected chi connectivity index (χ4v) is 3.13. The summed E-state index contributed by atoms with van der Waals surface area (Å²) in [7, 11) is 0. The Morgan fingerprint density at radius 2 is 1.44 bits per heavy atom. The van der Waals surface area contributed by atoms with Crippen LogP contribution in [-0.4, -0.2) is 12.0 Å². The SMILES string of the molecule is CC(=O)c1ccc(N=Cc2ccc(Sc3ccc(Cl)cc3)cc2)cc1. The second-order valence-corrected chi connectivity index (χ2v) is 7.07. The zero-order valence-corrected chi connectivity index (χ0v) is 15.2. The quantitative estimate of drug-likeness (QED) is 0.384. The fourth-order valence-electron chi connectivity index (χ4n) is 2.19. The molecule has 3 rings (SSSR count). The normalized spacial score (nSPS) is 11.0. The molecule has 4 heteroatoms. The van der Waals surface area contributed by atoms with Crippen molar-refractivity contribution in [3.05, 3.63) is 88.9 Å². The predicted molar refractivity (Wildman–Crippen MR) is 106 cm³/mol. The third-order valence-corrected chi connectivity index (χ3v) is 4.83. The van der Waals surface area contributed by atoms with Gasteiger partial charge in [-0.1, -0.05) is 35.5 Å². The smallest absolute Gasteiger partial charge is 0.159 e. The fraction of sp³-hybridized carbons (Fsp3) is 0.0476. The van der Waals surface area contributed by atoms with Crippen LogP contribution in [0, 0.1) is 0 Å². The van der Waals surface area contributed by atoms with Crippen LogP contribution in [0.25, 0.3) is 0 Å². The Balaban J connectivity index is 1.65. The molecule has 124 valence electrons. The molecule has 0 saturated carbocycles. The van der Waals surface area contributed by atoms with E-state index in [0.717, 1.165) is 26.1 Å². The van der Waals surface area contributed by atoms with Crippen LogP contribution in [0.2, 0.25) is 5.02 Å². The molecule has 0 saturated heterocycles. The van der Waals surface area contributed by atoms with E-state index in [1.165, 1.54) is 0 Å². The predicted octanol–water partition coefficient (Wildman–Crippen LogP) is 6.44. The molecular formula is C21H16ClNOS. The zero-order chi connectivity index (χ0) is 17.6. The molecule has 3 aromatic carbocycles. The summed E-state index contributed by atoms with van der Waals surface area (Å²) in [5.41, 5.74) is 2.54. The molecule has 0 spiro atoms. The van der Waals surface area contributed by atoms with Crippen molar-refractivity contribution in [3.8, 4) is 0 Å². The van der Waals surface area contributed by atoms with Gasteiger partial charge in [-0.05, 0) is 73.2 Å².